The summed E-state index contributed by atoms with van der Waals surface area (Å²) < 4.78 is 4.67. The maximum absolute atomic E-state index is 12.1. The number of carbonyl (C=O) groups excluding carboxylic acids is 3. The van der Waals surface area contributed by atoms with Gasteiger partial charge in [-0.15, -0.1) is 0 Å². The largest absolute Gasteiger partial charge is 0.458 e. The first-order valence-corrected chi connectivity index (χ1v) is 10.8. The molecule has 2 N–H and O–H groups in total. The molecular weight excluding hydrogens is 372 g/mol. The molecule has 0 fully saturated rings. The minimum atomic E-state index is -0.907. The lowest BCUT2D eigenvalue weighted by Crippen LogP contribution is -2.24. The van der Waals surface area contributed by atoms with Crippen molar-refractivity contribution in [3.05, 3.63) is 24.3 Å². The molecular formula is C23H36O6. The van der Waals surface area contributed by atoms with Crippen LogP contribution in [0.4, 0.5) is 0 Å². The molecule has 0 saturated heterocycles. The molecule has 164 valence electrons. The van der Waals surface area contributed by atoms with Crippen LogP contribution in [0.3, 0.4) is 0 Å². The summed E-state index contributed by atoms with van der Waals surface area (Å²) in [6.45, 7) is 3.17. The fourth-order valence-corrected chi connectivity index (χ4v) is 3.44. The number of ether oxygens (including phenoxy) is 1. The number of allylic oxidation sites excluding steroid dienone is 3. The van der Waals surface area contributed by atoms with Crippen LogP contribution in [-0.4, -0.2) is 46.6 Å². The first-order valence-electron chi connectivity index (χ1n) is 10.8. The van der Waals surface area contributed by atoms with Crippen molar-refractivity contribution in [1.82, 2.24) is 0 Å². The number of aliphatic hydroxyl groups excluding tert-OH is 2. The van der Waals surface area contributed by atoms with Crippen molar-refractivity contribution in [2.24, 2.45) is 11.8 Å². The van der Waals surface area contributed by atoms with Crippen LogP contribution in [0, 0.1) is 11.8 Å². The second kappa shape index (κ2) is 14.2. The zero-order valence-electron chi connectivity index (χ0n) is 17.7. The smallest absolute Gasteiger partial charge is 0.303 e. The Morgan fingerprint density at radius 1 is 1.17 bits per heavy atom. The van der Waals surface area contributed by atoms with Gasteiger partial charge in [-0.05, 0) is 25.3 Å². The summed E-state index contributed by atoms with van der Waals surface area (Å²) in [4.78, 5) is 34.3. The Hall–Kier alpha value is -1.79. The minimum Gasteiger partial charge on any atom is -0.458 e. The molecule has 1 aliphatic rings. The van der Waals surface area contributed by atoms with Gasteiger partial charge in [-0.1, -0.05) is 57.3 Å². The molecule has 2 unspecified atom stereocenters. The van der Waals surface area contributed by atoms with Gasteiger partial charge in [0.2, 0.25) is 0 Å². The van der Waals surface area contributed by atoms with E-state index in [-0.39, 0.29) is 30.0 Å². The molecule has 1 rings (SSSR count). The molecule has 0 heterocycles. The summed E-state index contributed by atoms with van der Waals surface area (Å²) in [5.41, 5.74) is 0. The molecule has 0 spiro atoms. The quantitative estimate of drug-likeness (QED) is 0.245. The van der Waals surface area contributed by atoms with Crippen molar-refractivity contribution in [2.75, 3.05) is 6.61 Å². The SMILES string of the molecule is CCCCC(O)C(O)/C=C/[C@H]1C=CC(=O)[C@@H]1CCCCCCC(=O)COC(C)=O. The number of esters is 1. The average molecular weight is 409 g/mol. The molecule has 0 aliphatic heterocycles. The number of aliphatic hydroxyl groups is 2. The molecule has 6 nitrogen and oxygen atoms in total. The molecule has 29 heavy (non-hydrogen) atoms. The number of hydrogen-bond acceptors (Lipinski definition) is 6. The fraction of sp³-hybridized carbons (Fsp3) is 0.696. The molecule has 0 radical (unpaired) electrons. The topological polar surface area (TPSA) is 101 Å². The number of ketones is 2. The normalized spacial score (nSPS) is 20.9. The van der Waals surface area contributed by atoms with E-state index in [1.807, 2.05) is 19.1 Å². The molecule has 1 aliphatic carbocycles. The predicted octanol–water partition coefficient (Wildman–Crippen LogP) is 3.30. The van der Waals surface area contributed by atoms with Crippen LogP contribution in [0.15, 0.2) is 24.3 Å². The van der Waals surface area contributed by atoms with Gasteiger partial charge in [0, 0.05) is 25.2 Å². The molecule has 0 aromatic rings. The zero-order valence-corrected chi connectivity index (χ0v) is 17.7. The Morgan fingerprint density at radius 3 is 2.59 bits per heavy atom. The summed E-state index contributed by atoms with van der Waals surface area (Å²) >= 11 is 0. The summed E-state index contributed by atoms with van der Waals surface area (Å²) in [6, 6.07) is 0. The summed E-state index contributed by atoms with van der Waals surface area (Å²) in [5, 5.41) is 20.0. The van der Waals surface area contributed by atoms with E-state index in [9.17, 15) is 24.6 Å². The highest BCUT2D eigenvalue weighted by Gasteiger charge is 2.28. The van der Waals surface area contributed by atoms with E-state index in [4.69, 9.17) is 0 Å². The standard InChI is InChI=1S/C23H36O6/c1-3-4-11-22(27)23(28)15-13-18-12-14-21(26)20(18)10-8-6-5-7-9-19(25)16-29-17(2)24/h12-15,18,20,22-23,27-28H,3-11,16H2,1-2H3/b15-13+/t18-,20-,22?,23?/m1/s1. The van der Waals surface area contributed by atoms with Gasteiger partial charge in [0.25, 0.3) is 0 Å². The van der Waals surface area contributed by atoms with Gasteiger partial charge in [0.05, 0.1) is 12.2 Å². The van der Waals surface area contributed by atoms with Gasteiger partial charge in [0.15, 0.2) is 11.6 Å². The lowest BCUT2D eigenvalue weighted by molar-refractivity contribution is -0.145. The third-order valence-corrected chi connectivity index (χ3v) is 5.25. The molecule has 6 heteroatoms. The first kappa shape index (κ1) is 25.2. The number of carbonyl (C=O) groups is 3. The van der Waals surface area contributed by atoms with E-state index in [2.05, 4.69) is 4.74 Å². The van der Waals surface area contributed by atoms with Crippen LogP contribution >= 0.6 is 0 Å². The van der Waals surface area contributed by atoms with Gasteiger partial charge in [-0.25, -0.2) is 0 Å². The molecule has 0 bridgehead atoms. The number of rotatable bonds is 15. The van der Waals surface area contributed by atoms with Gasteiger partial charge >= 0.3 is 5.97 Å². The van der Waals surface area contributed by atoms with Crippen LogP contribution in [0.5, 0.6) is 0 Å². The van der Waals surface area contributed by atoms with E-state index >= 15 is 0 Å². The summed E-state index contributed by atoms with van der Waals surface area (Å²) in [7, 11) is 0. The molecule has 0 aromatic heterocycles. The van der Waals surface area contributed by atoms with E-state index in [1.54, 1.807) is 12.2 Å². The maximum Gasteiger partial charge on any atom is 0.303 e. The minimum absolute atomic E-state index is 0.0409. The van der Waals surface area contributed by atoms with Crippen LogP contribution in [0.2, 0.25) is 0 Å². The third kappa shape index (κ3) is 10.5. The van der Waals surface area contributed by atoms with Crippen molar-refractivity contribution in [2.45, 2.75) is 83.8 Å². The highest BCUT2D eigenvalue weighted by atomic mass is 16.5. The first-order chi connectivity index (χ1) is 13.8. The second-order valence-electron chi connectivity index (χ2n) is 7.80. The number of hydrogen-bond donors (Lipinski definition) is 2. The highest BCUT2D eigenvalue weighted by molar-refractivity contribution is 5.94. The Morgan fingerprint density at radius 2 is 1.90 bits per heavy atom. The van der Waals surface area contributed by atoms with Gasteiger partial charge < -0.3 is 14.9 Å². The molecule has 0 amide bonds. The van der Waals surface area contributed by atoms with E-state index in [0.717, 1.165) is 44.9 Å². The van der Waals surface area contributed by atoms with Crippen LogP contribution < -0.4 is 0 Å². The summed E-state index contributed by atoms with van der Waals surface area (Å²) in [6.07, 6.45) is 12.3. The lowest BCUT2D eigenvalue weighted by Gasteiger charge is -2.17. The molecule has 0 saturated carbocycles. The zero-order chi connectivity index (χ0) is 21.6. The van der Waals surface area contributed by atoms with Crippen LogP contribution in [-0.2, 0) is 19.1 Å². The van der Waals surface area contributed by atoms with Crippen molar-refractivity contribution < 1.29 is 29.3 Å². The number of Topliss-reactive ketones (excluding diaryl/α,β-unsaturated/α-hetero) is 1. The number of unbranched alkanes of at least 4 members (excludes halogenated alkanes) is 4. The Balaban J connectivity index is 2.28. The van der Waals surface area contributed by atoms with Crippen molar-refractivity contribution in [1.29, 1.82) is 0 Å². The van der Waals surface area contributed by atoms with Gasteiger partial charge in [0.1, 0.15) is 6.61 Å². The second-order valence-corrected chi connectivity index (χ2v) is 7.80. The van der Waals surface area contributed by atoms with E-state index < -0.39 is 18.2 Å². The van der Waals surface area contributed by atoms with Crippen molar-refractivity contribution in [3.8, 4) is 0 Å². The monoisotopic (exact) mass is 408 g/mol. The Labute approximate surface area is 174 Å². The summed E-state index contributed by atoms with van der Waals surface area (Å²) in [5.74, 6) is -0.560. The highest BCUT2D eigenvalue weighted by Crippen LogP contribution is 2.29. The molecule has 4 atom stereocenters. The maximum atomic E-state index is 12.1. The van der Waals surface area contributed by atoms with Crippen molar-refractivity contribution in [3.63, 3.8) is 0 Å². The van der Waals surface area contributed by atoms with Gasteiger partial charge in [-0.3, -0.25) is 14.4 Å². The predicted molar refractivity (Wildman–Crippen MR) is 111 cm³/mol. The van der Waals surface area contributed by atoms with Crippen molar-refractivity contribution >= 4 is 17.5 Å². The Bertz CT molecular complexity index is 580. The Kier molecular flexibility index (Phi) is 12.4. The van der Waals surface area contributed by atoms with Crippen LogP contribution in [0.1, 0.15) is 71.6 Å². The molecule has 0 aromatic carbocycles. The lowest BCUT2D eigenvalue weighted by atomic mass is 9.88. The van der Waals surface area contributed by atoms with Crippen LogP contribution in [0.25, 0.3) is 0 Å². The van der Waals surface area contributed by atoms with E-state index in [0.29, 0.717) is 12.8 Å². The van der Waals surface area contributed by atoms with E-state index in [1.165, 1.54) is 6.92 Å². The van der Waals surface area contributed by atoms with Gasteiger partial charge in [-0.2, -0.15) is 0 Å². The fourth-order valence-electron chi connectivity index (χ4n) is 3.44. The third-order valence-electron chi connectivity index (χ3n) is 5.25. The average Bonchev–Trinajstić information content (AvgIpc) is 3.04.